The van der Waals surface area contributed by atoms with Gasteiger partial charge in [-0.1, -0.05) is 59.6 Å². The van der Waals surface area contributed by atoms with Crippen LogP contribution in [-0.4, -0.2) is 10.5 Å². The number of benzene rings is 3. The second-order valence-electron chi connectivity index (χ2n) is 7.77. The number of carbonyl (C=O) groups excluding carboxylic acids is 1. The fourth-order valence-corrected chi connectivity index (χ4v) is 4.62. The first kappa shape index (κ1) is 21.4. The van der Waals surface area contributed by atoms with Gasteiger partial charge in [-0.25, -0.2) is 4.39 Å². The SMILES string of the molecule is O=C(c1cccc(F)c1)N1c2cccc(=O)n2[C@H](c2ccc(Cl)cc2)[C@@H]1c1ccc(Cl)cc1. The molecule has 7 heteroatoms. The molecule has 1 amide bonds. The smallest absolute Gasteiger partial charge is 0.260 e. The summed E-state index contributed by atoms with van der Waals surface area (Å²) in [4.78, 5) is 28.4. The van der Waals surface area contributed by atoms with Crippen LogP contribution in [0.1, 0.15) is 33.6 Å². The summed E-state index contributed by atoms with van der Waals surface area (Å²) in [5.41, 5.74) is 1.53. The normalized spacial score (nSPS) is 17.1. The van der Waals surface area contributed by atoms with Crippen LogP contribution in [0.5, 0.6) is 0 Å². The van der Waals surface area contributed by atoms with Gasteiger partial charge in [0.25, 0.3) is 11.5 Å². The van der Waals surface area contributed by atoms with Crippen molar-refractivity contribution in [1.29, 1.82) is 0 Å². The lowest BCUT2D eigenvalue weighted by molar-refractivity contribution is 0.0977. The quantitative estimate of drug-likeness (QED) is 0.347. The third-order valence-corrected chi connectivity index (χ3v) is 6.29. The molecule has 0 N–H and O–H groups in total. The van der Waals surface area contributed by atoms with Crippen LogP contribution in [0.15, 0.2) is 95.8 Å². The maximum absolute atomic E-state index is 14.0. The molecule has 0 bridgehead atoms. The molecule has 5 rings (SSSR count). The molecule has 0 saturated carbocycles. The second kappa shape index (κ2) is 8.50. The van der Waals surface area contributed by atoms with Gasteiger partial charge in [0.1, 0.15) is 11.6 Å². The molecule has 33 heavy (non-hydrogen) atoms. The van der Waals surface area contributed by atoms with Gasteiger partial charge in [-0.3, -0.25) is 19.1 Å². The number of nitrogens with zero attached hydrogens (tertiary/aromatic N) is 2. The number of pyridine rings is 1. The summed E-state index contributed by atoms with van der Waals surface area (Å²) in [6.45, 7) is 0. The minimum Gasteiger partial charge on any atom is -0.284 e. The van der Waals surface area contributed by atoms with Crippen molar-refractivity contribution in [1.82, 2.24) is 4.57 Å². The van der Waals surface area contributed by atoms with Crippen LogP contribution in [0.4, 0.5) is 10.2 Å². The maximum Gasteiger partial charge on any atom is 0.260 e. The van der Waals surface area contributed by atoms with Crippen molar-refractivity contribution in [3.05, 3.63) is 134 Å². The van der Waals surface area contributed by atoms with Gasteiger partial charge in [-0.2, -0.15) is 0 Å². The summed E-state index contributed by atoms with van der Waals surface area (Å²) in [5, 5.41) is 1.12. The van der Waals surface area contributed by atoms with Gasteiger partial charge in [-0.05, 0) is 59.7 Å². The number of carbonyl (C=O) groups is 1. The van der Waals surface area contributed by atoms with E-state index in [1.807, 2.05) is 24.3 Å². The Kier molecular flexibility index (Phi) is 5.52. The van der Waals surface area contributed by atoms with Crippen molar-refractivity contribution in [2.45, 2.75) is 12.1 Å². The molecule has 1 aliphatic rings. The molecule has 0 spiro atoms. The van der Waals surface area contributed by atoms with Crippen LogP contribution in [0.2, 0.25) is 10.0 Å². The highest BCUT2D eigenvalue weighted by Gasteiger charge is 2.44. The third-order valence-electron chi connectivity index (χ3n) is 5.78. The summed E-state index contributed by atoms with van der Waals surface area (Å²) in [7, 11) is 0. The van der Waals surface area contributed by atoms with Crippen LogP contribution in [0.25, 0.3) is 0 Å². The predicted molar refractivity (Wildman–Crippen MR) is 128 cm³/mol. The predicted octanol–water partition coefficient (Wildman–Crippen LogP) is 6.29. The molecule has 0 fully saturated rings. The number of aromatic nitrogens is 1. The molecule has 0 saturated heterocycles. The largest absolute Gasteiger partial charge is 0.284 e. The molecule has 164 valence electrons. The first-order chi connectivity index (χ1) is 15.9. The highest BCUT2D eigenvalue weighted by Crippen LogP contribution is 2.47. The lowest BCUT2D eigenvalue weighted by Gasteiger charge is -2.28. The maximum atomic E-state index is 14.0. The van der Waals surface area contributed by atoms with Gasteiger partial charge in [0.05, 0.1) is 12.1 Å². The van der Waals surface area contributed by atoms with Crippen LogP contribution < -0.4 is 10.5 Å². The first-order valence-electron chi connectivity index (χ1n) is 10.3. The minimum absolute atomic E-state index is 0.188. The fraction of sp³-hybridized carbons (Fsp3) is 0.0769. The average Bonchev–Trinajstić information content (AvgIpc) is 3.16. The van der Waals surface area contributed by atoms with Crippen LogP contribution >= 0.6 is 23.2 Å². The Labute approximate surface area is 199 Å². The van der Waals surface area contributed by atoms with Gasteiger partial charge in [0.2, 0.25) is 0 Å². The zero-order chi connectivity index (χ0) is 23.1. The van der Waals surface area contributed by atoms with Crippen LogP contribution in [0.3, 0.4) is 0 Å². The van der Waals surface area contributed by atoms with Gasteiger partial charge in [0.15, 0.2) is 0 Å². The number of fused-ring (bicyclic) bond motifs is 1. The molecule has 1 aromatic heterocycles. The van der Waals surface area contributed by atoms with E-state index in [0.29, 0.717) is 15.9 Å². The lowest BCUT2D eigenvalue weighted by Crippen LogP contribution is -2.33. The Bertz CT molecular complexity index is 1400. The Balaban J connectivity index is 1.76. The van der Waals surface area contributed by atoms with E-state index in [4.69, 9.17) is 23.2 Å². The first-order valence-corrected chi connectivity index (χ1v) is 11.0. The number of hydrogen-bond donors (Lipinski definition) is 0. The third kappa shape index (κ3) is 3.84. The van der Waals surface area contributed by atoms with Crippen molar-refractivity contribution in [3.63, 3.8) is 0 Å². The van der Waals surface area contributed by atoms with Crippen LogP contribution in [-0.2, 0) is 0 Å². The van der Waals surface area contributed by atoms with Gasteiger partial charge >= 0.3 is 0 Å². The van der Waals surface area contributed by atoms with Gasteiger partial charge in [-0.15, -0.1) is 0 Å². The Hall–Kier alpha value is -3.41. The van der Waals surface area contributed by atoms with E-state index < -0.39 is 23.8 Å². The van der Waals surface area contributed by atoms with E-state index in [9.17, 15) is 14.0 Å². The molecule has 0 radical (unpaired) electrons. The van der Waals surface area contributed by atoms with Crippen molar-refractivity contribution in [3.8, 4) is 0 Å². The molecule has 2 atom stereocenters. The summed E-state index contributed by atoms with van der Waals surface area (Å²) in [5.74, 6) is -0.496. The monoisotopic (exact) mass is 478 g/mol. The molecule has 4 nitrogen and oxygen atoms in total. The number of amides is 1. The van der Waals surface area contributed by atoms with E-state index in [2.05, 4.69) is 0 Å². The average molecular weight is 479 g/mol. The number of rotatable bonds is 3. The minimum atomic E-state index is -0.575. The van der Waals surface area contributed by atoms with E-state index in [1.165, 1.54) is 24.3 Å². The van der Waals surface area contributed by atoms with Crippen molar-refractivity contribution in [2.75, 3.05) is 4.90 Å². The Morgan fingerprint density at radius 2 is 1.33 bits per heavy atom. The molecule has 0 unspecified atom stereocenters. The standard InChI is InChI=1S/C26H17Cl2FN2O2/c27-19-11-7-16(8-12-19)24-25(17-9-13-20(28)14-10-17)31(22-5-2-6-23(32)30(22)24)26(33)18-3-1-4-21(29)15-18/h1-15,24-25H/t24-,25+/m1/s1. The summed E-state index contributed by atoms with van der Waals surface area (Å²) < 4.78 is 15.6. The zero-order valence-corrected chi connectivity index (χ0v) is 18.7. The van der Waals surface area contributed by atoms with Crippen LogP contribution in [0, 0.1) is 5.82 Å². The Morgan fingerprint density at radius 1 is 0.758 bits per heavy atom. The number of hydrogen-bond acceptors (Lipinski definition) is 2. The number of halogens is 3. The highest BCUT2D eigenvalue weighted by molar-refractivity contribution is 6.30. The zero-order valence-electron chi connectivity index (χ0n) is 17.2. The van der Waals surface area contributed by atoms with Gasteiger partial charge in [0, 0.05) is 21.7 Å². The summed E-state index contributed by atoms with van der Waals surface area (Å²) >= 11 is 12.2. The topological polar surface area (TPSA) is 42.3 Å². The fourth-order valence-electron chi connectivity index (χ4n) is 4.36. The molecule has 0 aliphatic carbocycles. The number of anilines is 1. The summed E-state index contributed by atoms with van der Waals surface area (Å²) in [6, 6.07) is 23.6. The molecule has 1 aliphatic heterocycles. The molecular weight excluding hydrogens is 462 g/mol. The highest BCUT2D eigenvalue weighted by atomic mass is 35.5. The second-order valence-corrected chi connectivity index (χ2v) is 8.64. The van der Waals surface area contributed by atoms with Crippen molar-refractivity contribution >= 4 is 34.9 Å². The van der Waals surface area contributed by atoms with Gasteiger partial charge < -0.3 is 0 Å². The van der Waals surface area contributed by atoms with Crippen molar-refractivity contribution < 1.29 is 9.18 Å². The molecular formula is C26H17Cl2FN2O2. The summed E-state index contributed by atoms with van der Waals surface area (Å²) in [6.07, 6.45) is 0. The Morgan fingerprint density at radius 3 is 1.94 bits per heavy atom. The molecule has 2 heterocycles. The van der Waals surface area contributed by atoms with E-state index in [1.54, 1.807) is 51.9 Å². The van der Waals surface area contributed by atoms with E-state index in [-0.39, 0.29) is 11.1 Å². The van der Waals surface area contributed by atoms with E-state index in [0.717, 1.165) is 11.1 Å². The van der Waals surface area contributed by atoms with Crippen molar-refractivity contribution in [2.24, 2.45) is 0 Å². The van der Waals surface area contributed by atoms with E-state index >= 15 is 0 Å². The molecule has 3 aromatic carbocycles. The lowest BCUT2D eigenvalue weighted by atomic mass is 9.93. The molecule has 4 aromatic rings.